The summed E-state index contributed by atoms with van der Waals surface area (Å²) >= 11 is 5.80. The zero-order chi connectivity index (χ0) is 14.6. The molecule has 0 aliphatic rings. The van der Waals surface area contributed by atoms with Crippen LogP contribution in [0.25, 0.3) is 0 Å². The van der Waals surface area contributed by atoms with Crippen molar-refractivity contribution in [3.8, 4) is 6.07 Å². The fourth-order valence-electron chi connectivity index (χ4n) is 1.73. The summed E-state index contributed by atoms with van der Waals surface area (Å²) in [4.78, 5) is 0. The number of nitrogens with zero attached hydrogens (tertiary/aromatic N) is 1. The summed E-state index contributed by atoms with van der Waals surface area (Å²) in [5.41, 5.74) is 1.21. The Labute approximate surface area is 122 Å². The Balaban J connectivity index is 2.22. The number of nitrogens with one attached hydrogen (secondary N) is 1. The smallest absolute Gasteiger partial charge is 0.236 e. The van der Waals surface area contributed by atoms with Gasteiger partial charge >= 0.3 is 0 Å². The van der Waals surface area contributed by atoms with Gasteiger partial charge in [-0.25, -0.2) is 8.42 Å². The number of nitriles is 1. The maximum atomic E-state index is 12.1. The highest BCUT2D eigenvalue weighted by molar-refractivity contribution is 7.91. The predicted molar refractivity (Wildman–Crippen MR) is 78.9 cm³/mol. The van der Waals surface area contributed by atoms with Crippen molar-refractivity contribution in [1.82, 2.24) is 0 Å². The number of rotatable bonds is 4. The molecule has 0 aliphatic carbocycles. The Hall–Kier alpha value is -2.03. The molecule has 0 saturated heterocycles. The van der Waals surface area contributed by atoms with E-state index in [0.717, 1.165) is 0 Å². The fourth-order valence-corrected chi connectivity index (χ4v) is 3.14. The van der Waals surface area contributed by atoms with Crippen molar-refractivity contribution >= 4 is 27.3 Å². The van der Waals surface area contributed by atoms with Crippen LogP contribution < -0.4 is 4.72 Å². The van der Waals surface area contributed by atoms with Crippen molar-refractivity contribution in [1.29, 1.82) is 5.26 Å². The second-order valence-electron chi connectivity index (χ2n) is 4.14. The van der Waals surface area contributed by atoms with Gasteiger partial charge in [0, 0.05) is 10.7 Å². The molecule has 6 heteroatoms. The topological polar surface area (TPSA) is 70.0 Å². The molecule has 0 unspecified atom stereocenters. The summed E-state index contributed by atoms with van der Waals surface area (Å²) in [6, 6.07) is 15.0. The largest absolute Gasteiger partial charge is 0.283 e. The van der Waals surface area contributed by atoms with Gasteiger partial charge in [0.15, 0.2) is 0 Å². The van der Waals surface area contributed by atoms with E-state index in [1.165, 1.54) is 6.07 Å². The summed E-state index contributed by atoms with van der Waals surface area (Å²) in [7, 11) is -3.60. The van der Waals surface area contributed by atoms with Crippen LogP contribution in [0.2, 0.25) is 5.02 Å². The Morgan fingerprint density at radius 1 is 1.15 bits per heavy atom. The molecule has 0 aliphatic heterocycles. The van der Waals surface area contributed by atoms with E-state index in [1.54, 1.807) is 42.5 Å². The van der Waals surface area contributed by atoms with Crippen molar-refractivity contribution in [2.45, 2.75) is 5.75 Å². The molecule has 102 valence electrons. The quantitative estimate of drug-likeness (QED) is 0.943. The minimum absolute atomic E-state index is 0.261. The lowest BCUT2D eigenvalue weighted by molar-refractivity contribution is 0.600. The van der Waals surface area contributed by atoms with E-state index in [-0.39, 0.29) is 5.75 Å². The van der Waals surface area contributed by atoms with Crippen LogP contribution in [0.3, 0.4) is 0 Å². The van der Waals surface area contributed by atoms with Gasteiger partial charge in [-0.05, 0) is 29.8 Å². The zero-order valence-electron chi connectivity index (χ0n) is 10.4. The second-order valence-corrected chi connectivity index (χ2v) is 6.30. The lowest BCUT2D eigenvalue weighted by Crippen LogP contribution is -2.15. The average molecular weight is 307 g/mol. The van der Waals surface area contributed by atoms with Gasteiger partial charge in [-0.3, -0.25) is 4.72 Å². The number of sulfonamides is 1. The maximum Gasteiger partial charge on any atom is 0.236 e. The Kier molecular flexibility index (Phi) is 4.28. The number of hydrogen-bond donors (Lipinski definition) is 1. The first-order chi connectivity index (χ1) is 9.50. The molecule has 4 nitrogen and oxygen atoms in total. The number of hydrogen-bond acceptors (Lipinski definition) is 3. The van der Waals surface area contributed by atoms with Gasteiger partial charge in [-0.1, -0.05) is 35.9 Å². The molecular weight excluding hydrogens is 296 g/mol. The van der Waals surface area contributed by atoms with E-state index < -0.39 is 10.0 Å². The van der Waals surface area contributed by atoms with Crippen molar-refractivity contribution in [2.75, 3.05) is 4.72 Å². The molecule has 0 heterocycles. The number of anilines is 1. The molecule has 0 radical (unpaired) electrons. The van der Waals surface area contributed by atoms with Gasteiger partial charge in [-0.2, -0.15) is 5.26 Å². The van der Waals surface area contributed by atoms with Gasteiger partial charge in [0.2, 0.25) is 10.0 Å². The van der Waals surface area contributed by atoms with Crippen molar-refractivity contribution in [3.05, 3.63) is 64.7 Å². The van der Waals surface area contributed by atoms with E-state index in [1.807, 2.05) is 6.07 Å². The molecule has 2 aromatic carbocycles. The predicted octanol–water partition coefficient (Wildman–Crippen LogP) is 3.15. The molecule has 1 N–H and O–H groups in total. The maximum absolute atomic E-state index is 12.1. The molecule has 0 atom stereocenters. The summed E-state index contributed by atoms with van der Waals surface area (Å²) in [5.74, 6) is -0.261. The molecule has 0 bridgehead atoms. The van der Waals surface area contributed by atoms with Crippen LogP contribution in [0.5, 0.6) is 0 Å². The van der Waals surface area contributed by atoms with Crippen LogP contribution >= 0.6 is 11.6 Å². The molecular formula is C14H11ClN2O2S. The van der Waals surface area contributed by atoms with Crippen LogP contribution in [0.1, 0.15) is 11.1 Å². The van der Waals surface area contributed by atoms with E-state index >= 15 is 0 Å². The van der Waals surface area contributed by atoms with Gasteiger partial charge in [0.25, 0.3) is 0 Å². The summed E-state index contributed by atoms with van der Waals surface area (Å²) in [6.45, 7) is 0. The number of halogens is 1. The lowest BCUT2D eigenvalue weighted by atomic mass is 10.1. The van der Waals surface area contributed by atoms with Gasteiger partial charge in [-0.15, -0.1) is 0 Å². The van der Waals surface area contributed by atoms with E-state index in [9.17, 15) is 8.42 Å². The minimum atomic E-state index is -3.60. The van der Waals surface area contributed by atoms with Crippen LogP contribution in [0.4, 0.5) is 5.69 Å². The van der Waals surface area contributed by atoms with Crippen LogP contribution in [-0.2, 0) is 15.8 Å². The third-order valence-corrected chi connectivity index (χ3v) is 4.05. The Bertz CT molecular complexity index is 767. The van der Waals surface area contributed by atoms with Crippen LogP contribution in [0, 0.1) is 11.3 Å². The van der Waals surface area contributed by atoms with Crippen molar-refractivity contribution in [3.63, 3.8) is 0 Å². The lowest BCUT2D eigenvalue weighted by Gasteiger charge is -2.09. The highest BCUT2D eigenvalue weighted by Gasteiger charge is 2.14. The molecule has 0 aromatic heterocycles. The molecule has 0 spiro atoms. The van der Waals surface area contributed by atoms with Gasteiger partial charge in [0.1, 0.15) is 0 Å². The minimum Gasteiger partial charge on any atom is -0.283 e. The van der Waals surface area contributed by atoms with Crippen LogP contribution in [0.15, 0.2) is 48.5 Å². The van der Waals surface area contributed by atoms with Gasteiger partial charge in [0.05, 0.1) is 17.4 Å². The second kappa shape index (κ2) is 5.95. The summed E-state index contributed by atoms with van der Waals surface area (Å²) < 4.78 is 26.6. The number of benzene rings is 2. The van der Waals surface area contributed by atoms with E-state index in [4.69, 9.17) is 16.9 Å². The first-order valence-electron chi connectivity index (χ1n) is 5.74. The zero-order valence-corrected chi connectivity index (χ0v) is 11.9. The summed E-state index contributed by atoms with van der Waals surface area (Å²) in [6.07, 6.45) is 0. The first kappa shape index (κ1) is 14.4. The Morgan fingerprint density at radius 3 is 2.60 bits per heavy atom. The average Bonchev–Trinajstić information content (AvgIpc) is 2.38. The van der Waals surface area contributed by atoms with Crippen molar-refractivity contribution < 1.29 is 8.42 Å². The normalized spacial score (nSPS) is 10.8. The molecule has 20 heavy (non-hydrogen) atoms. The van der Waals surface area contributed by atoms with Crippen LogP contribution in [-0.4, -0.2) is 8.42 Å². The Morgan fingerprint density at radius 2 is 1.90 bits per heavy atom. The standard InChI is InChI=1S/C14H11ClN2O2S/c15-13-6-3-7-14(8-13)17-20(18,19)10-12-5-2-1-4-11(12)9-16/h1-8,17H,10H2. The third-order valence-electron chi connectivity index (χ3n) is 2.58. The monoisotopic (exact) mass is 306 g/mol. The first-order valence-corrected chi connectivity index (χ1v) is 7.77. The van der Waals surface area contributed by atoms with E-state index in [0.29, 0.717) is 21.8 Å². The molecule has 2 rings (SSSR count). The SMILES string of the molecule is N#Cc1ccccc1CS(=O)(=O)Nc1cccc(Cl)c1. The summed E-state index contributed by atoms with van der Waals surface area (Å²) in [5, 5.41) is 9.41. The molecule has 0 fully saturated rings. The van der Waals surface area contributed by atoms with Gasteiger partial charge < -0.3 is 0 Å². The fraction of sp³-hybridized carbons (Fsp3) is 0.0714. The molecule has 2 aromatic rings. The molecule has 0 saturated carbocycles. The highest BCUT2D eigenvalue weighted by Crippen LogP contribution is 2.18. The van der Waals surface area contributed by atoms with E-state index in [2.05, 4.69) is 4.72 Å². The highest BCUT2D eigenvalue weighted by atomic mass is 35.5. The third kappa shape index (κ3) is 3.73. The molecule has 0 amide bonds. The van der Waals surface area contributed by atoms with Crippen molar-refractivity contribution in [2.24, 2.45) is 0 Å².